The summed E-state index contributed by atoms with van der Waals surface area (Å²) in [6, 6.07) is 5.69. The van der Waals surface area contributed by atoms with Gasteiger partial charge in [-0.25, -0.2) is 9.97 Å². The molecule has 0 atom stereocenters. The number of ketones is 1. The van der Waals surface area contributed by atoms with E-state index in [1.165, 1.54) is 0 Å². The first-order valence-corrected chi connectivity index (χ1v) is 8.11. The van der Waals surface area contributed by atoms with Gasteiger partial charge < -0.3 is 9.84 Å². The molecule has 0 spiro atoms. The highest BCUT2D eigenvalue weighted by molar-refractivity contribution is 9.10. The standard InChI is InChI=1S/C17H15BrN2O3/c1-2-10-3-4-12(23-17-19-8-11(18)9-20-17)7-13(10)16-14(21)5-6-15(16)22/h3-4,7-9,21H,2,5-6H2,1H3. The summed E-state index contributed by atoms with van der Waals surface area (Å²) in [5.74, 6) is 0.649. The number of allylic oxidation sites excluding steroid dienone is 2. The van der Waals surface area contributed by atoms with E-state index in [-0.39, 0.29) is 17.6 Å². The molecule has 118 valence electrons. The molecule has 1 aliphatic carbocycles. The van der Waals surface area contributed by atoms with E-state index in [2.05, 4.69) is 25.9 Å². The molecular weight excluding hydrogens is 360 g/mol. The number of hydrogen-bond donors (Lipinski definition) is 1. The van der Waals surface area contributed by atoms with Gasteiger partial charge in [-0.3, -0.25) is 4.79 Å². The SMILES string of the molecule is CCc1ccc(Oc2ncc(Br)cn2)cc1C1=C(O)CCC1=O. The lowest BCUT2D eigenvalue weighted by Gasteiger charge is -2.11. The van der Waals surface area contributed by atoms with Crippen LogP contribution in [0.1, 0.15) is 30.9 Å². The Labute approximate surface area is 142 Å². The van der Waals surface area contributed by atoms with E-state index in [0.29, 0.717) is 24.2 Å². The molecule has 0 amide bonds. The van der Waals surface area contributed by atoms with Crippen LogP contribution in [0.4, 0.5) is 0 Å². The molecule has 23 heavy (non-hydrogen) atoms. The van der Waals surface area contributed by atoms with Gasteiger partial charge >= 0.3 is 6.01 Å². The zero-order valence-corrected chi connectivity index (χ0v) is 14.1. The number of rotatable bonds is 4. The predicted molar refractivity (Wildman–Crippen MR) is 89.4 cm³/mol. The van der Waals surface area contributed by atoms with E-state index >= 15 is 0 Å². The van der Waals surface area contributed by atoms with Gasteiger partial charge in [0.25, 0.3) is 0 Å². The zero-order chi connectivity index (χ0) is 16.4. The van der Waals surface area contributed by atoms with Crippen LogP contribution >= 0.6 is 15.9 Å². The Bertz CT molecular complexity index is 785. The fourth-order valence-electron chi connectivity index (χ4n) is 2.57. The monoisotopic (exact) mass is 374 g/mol. The molecule has 1 aromatic heterocycles. The second kappa shape index (κ2) is 6.50. The maximum Gasteiger partial charge on any atom is 0.321 e. The van der Waals surface area contributed by atoms with Crippen molar-refractivity contribution in [3.05, 3.63) is 52.0 Å². The Morgan fingerprint density at radius 2 is 2.00 bits per heavy atom. The highest BCUT2D eigenvalue weighted by Gasteiger charge is 2.26. The van der Waals surface area contributed by atoms with Crippen molar-refractivity contribution in [2.45, 2.75) is 26.2 Å². The molecule has 1 N–H and O–H groups in total. The van der Waals surface area contributed by atoms with Crippen molar-refractivity contribution in [3.8, 4) is 11.8 Å². The Morgan fingerprint density at radius 3 is 2.61 bits per heavy atom. The summed E-state index contributed by atoms with van der Waals surface area (Å²) in [6.45, 7) is 2.01. The van der Waals surface area contributed by atoms with Crippen molar-refractivity contribution in [1.82, 2.24) is 9.97 Å². The maximum atomic E-state index is 12.1. The number of carbonyl (C=O) groups excluding carboxylic acids is 1. The summed E-state index contributed by atoms with van der Waals surface area (Å²) >= 11 is 3.27. The number of hydrogen-bond acceptors (Lipinski definition) is 5. The Morgan fingerprint density at radius 1 is 1.26 bits per heavy atom. The lowest BCUT2D eigenvalue weighted by atomic mass is 9.96. The zero-order valence-electron chi connectivity index (χ0n) is 12.5. The number of nitrogens with zero attached hydrogens (tertiary/aromatic N) is 2. The number of carbonyl (C=O) groups is 1. The number of aliphatic hydroxyl groups excluding tert-OH is 1. The molecule has 0 aliphatic heterocycles. The minimum atomic E-state index is -0.0331. The quantitative estimate of drug-likeness (QED) is 0.866. The smallest absolute Gasteiger partial charge is 0.321 e. The predicted octanol–water partition coefficient (Wildman–Crippen LogP) is 4.23. The molecule has 0 saturated heterocycles. The molecule has 0 saturated carbocycles. The number of Topliss-reactive ketones (excluding diaryl/α,β-unsaturated/α-hetero) is 1. The Hall–Kier alpha value is -2.21. The molecule has 1 aliphatic rings. The molecule has 0 unspecified atom stereocenters. The summed E-state index contributed by atoms with van der Waals surface area (Å²) in [5.41, 5.74) is 2.12. The summed E-state index contributed by atoms with van der Waals surface area (Å²) in [4.78, 5) is 20.2. The van der Waals surface area contributed by atoms with Crippen molar-refractivity contribution >= 4 is 27.3 Å². The minimum Gasteiger partial charge on any atom is -0.512 e. The topological polar surface area (TPSA) is 72.3 Å². The van der Waals surface area contributed by atoms with Crippen LogP contribution in [0.15, 0.2) is 40.8 Å². The third-order valence-corrected chi connectivity index (χ3v) is 4.10. The van der Waals surface area contributed by atoms with E-state index in [1.54, 1.807) is 18.5 Å². The molecule has 1 aromatic carbocycles. The van der Waals surface area contributed by atoms with Crippen molar-refractivity contribution in [3.63, 3.8) is 0 Å². The average Bonchev–Trinajstić information content (AvgIpc) is 2.88. The van der Waals surface area contributed by atoms with Crippen molar-refractivity contribution < 1.29 is 14.6 Å². The summed E-state index contributed by atoms with van der Waals surface area (Å²) in [7, 11) is 0. The fourth-order valence-corrected chi connectivity index (χ4v) is 2.77. The van der Waals surface area contributed by atoms with Crippen LogP contribution in [0.5, 0.6) is 11.8 Å². The highest BCUT2D eigenvalue weighted by Crippen LogP contribution is 2.34. The minimum absolute atomic E-state index is 0.0331. The van der Waals surface area contributed by atoms with Gasteiger partial charge in [0.2, 0.25) is 0 Å². The lowest BCUT2D eigenvalue weighted by molar-refractivity contribution is -0.113. The largest absolute Gasteiger partial charge is 0.512 e. The van der Waals surface area contributed by atoms with Gasteiger partial charge in [0.1, 0.15) is 11.5 Å². The average molecular weight is 375 g/mol. The van der Waals surface area contributed by atoms with Crippen LogP contribution in [0.2, 0.25) is 0 Å². The third kappa shape index (κ3) is 3.27. The molecule has 5 nitrogen and oxygen atoms in total. The summed E-state index contributed by atoms with van der Waals surface area (Å²) in [5, 5.41) is 10.0. The number of benzene rings is 1. The maximum absolute atomic E-state index is 12.1. The van der Waals surface area contributed by atoms with E-state index in [0.717, 1.165) is 22.0 Å². The number of aryl methyl sites for hydroxylation is 1. The van der Waals surface area contributed by atoms with Crippen LogP contribution in [-0.4, -0.2) is 20.9 Å². The van der Waals surface area contributed by atoms with Gasteiger partial charge in [0, 0.05) is 25.2 Å². The number of ether oxygens (including phenoxy) is 1. The van der Waals surface area contributed by atoms with E-state index in [9.17, 15) is 9.90 Å². The molecule has 3 rings (SSSR count). The first kappa shape index (κ1) is 15.7. The summed E-state index contributed by atoms with van der Waals surface area (Å²) < 4.78 is 6.41. The number of aliphatic hydroxyl groups is 1. The van der Waals surface area contributed by atoms with Gasteiger partial charge in [-0.2, -0.15) is 0 Å². The lowest BCUT2D eigenvalue weighted by Crippen LogP contribution is -2.01. The van der Waals surface area contributed by atoms with Gasteiger partial charge in [0.15, 0.2) is 5.78 Å². The van der Waals surface area contributed by atoms with E-state index < -0.39 is 0 Å². The molecule has 2 aromatic rings. The summed E-state index contributed by atoms with van der Waals surface area (Å²) in [6.07, 6.45) is 4.70. The molecule has 0 bridgehead atoms. The highest BCUT2D eigenvalue weighted by atomic mass is 79.9. The fraction of sp³-hybridized carbons (Fsp3) is 0.235. The Kier molecular flexibility index (Phi) is 4.43. The molecule has 1 heterocycles. The molecule has 0 radical (unpaired) electrons. The van der Waals surface area contributed by atoms with Crippen molar-refractivity contribution in [2.24, 2.45) is 0 Å². The van der Waals surface area contributed by atoms with E-state index in [1.807, 2.05) is 19.1 Å². The van der Waals surface area contributed by atoms with E-state index in [4.69, 9.17) is 4.74 Å². The second-order valence-corrected chi connectivity index (χ2v) is 6.12. The van der Waals surface area contributed by atoms with Crippen LogP contribution in [0.3, 0.4) is 0 Å². The Balaban J connectivity index is 1.98. The molecular formula is C17H15BrN2O3. The third-order valence-electron chi connectivity index (χ3n) is 3.69. The molecule has 6 heteroatoms. The first-order chi connectivity index (χ1) is 11.1. The van der Waals surface area contributed by atoms with Crippen molar-refractivity contribution in [2.75, 3.05) is 0 Å². The molecule has 0 fully saturated rings. The van der Waals surface area contributed by atoms with Gasteiger partial charge in [-0.1, -0.05) is 13.0 Å². The van der Waals surface area contributed by atoms with Crippen LogP contribution < -0.4 is 4.74 Å². The van der Waals surface area contributed by atoms with Gasteiger partial charge in [-0.15, -0.1) is 0 Å². The first-order valence-electron chi connectivity index (χ1n) is 7.32. The second-order valence-electron chi connectivity index (χ2n) is 5.20. The normalized spacial score (nSPS) is 14.4. The van der Waals surface area contributed by atoms with Gasteiger partial charge in [-0.05, 0) is 45.6 Å². The number of aromatic nitrogens is 2. The number of halogens is 1. The van der Waals surface area contributed by atoms with Crippen LogP contribution in [0.25, 0.3) is 5.57 Å². The van der Waals surface area contributed by atoms with Crippen LogP contribution in [-0.2, 0) is 11.2 Å². The van der Waals surface area contributed by atoms with Crippen molar-refractivity contribution in [1.29, 1.82) is 0 Å². The van der Waals surface area contributed by atoms with Gasteiger partial charge in [0.05, 0.1) is 10.0 Å². The van der Waals surface area contributed by atoms with Crippen LogP contribution in [0, 0.1) is 0 Å².